The van der Waals surface area contributed by atoms with Gasteiger partial charge in [-0.2, -0.15) is 4.98 Å². The highest BCUT2D eigenvalue weighted by Gasteiger charge is 2.29. The van der Waals surface area contributed by atoms with Gasteiger partial charge in [-0.05, 0) is 32.4 Å². The van der Waals surface area contributed by atoms with Crippen molar-refractivity contribution in [2.75, 3.05) is 26.2 Å². The second-order valence-electron chi connectivity index (χ2n) is 6.83. The molecule has 0 radical (unpaired) electrons. The minimum atomic E-state index is -0.272. The van der Waals surface area contributed by atoms with Crippen molar-refractivity contribution in [1.82, 2.24) is 19.9 Å². The lowest BCUT2D eigenvalue weighted by Crippen LogP contribution is -2.56. The fourth-order valence-corrected chi connectivity index (χ4v) is 3.51. The molecule has 1 fully saturated rings. The lowest BCUT2D eigenvalue weighted by Gasteiger charge is -2.43. The third-order valence-corrected chi connectivity index (χ3v) is 4.79. The summed E-state index contributed by atoms with van der Waals surface area (Å²) in [5.41, 5.74) is 1.21. The molecular formula is C18H25FN4O2. The van der Waals surface area contributed by atoms with Gasteiger partial charge in [-0.25, -0.2) is 4.39 Å². The molecule has 2 atom stereocenters. The Bertz CT molecular complexity index is 709. The van der Waals surface area contributed by atoms with Crippen LogP contribution in [0.4, 0.5) is 4.39 Å². The number of β-amino-alcohol motifs (C(OH)–C–C–N with tert-alkyl or cyclic N) is 1. The highest BCUT2D eigenvalue weighted by atomic mass is 19.1. The van der Waals surface area contributed by atoms with E-state index in [1.807, 2.05) is 0 Å². The van der Waals surface area contributed by atoms with Gasteiger partial charge in [-0.1, -0.05) is 17.3 Å². The smallest absolute Gasteiger partial charge is 0.241 e. The molecule has 0 aliphatic carbocycles. The van der Waals surface area contributed by atoms with Crippen LogP contribution in [-0.4, -0.2) is 63.4 Å². The van der Waals surface area contributed by atoms with E-state index in [4.69, 9.17) is 4.52 Å². The zero-order valence-electron chi connectivity index (χ0n) is 14.9. The maximum atomic E-state index is 13.7. The van der Waals surface area contributed by atoms with Crippen LogP contribution in [0.15, 0.2) is 22.7 Å². The number of hydrogen-bond acceptors (Lipinski definition) is 6. The van der Waals surface area contributed by atoms with Gasteiger partial charge < -0.3 is 9.63 Å². The zero-order valence-corrected chi connectivity index (χ0v) is 14.9. The van der Waals surface area contributed by atoms with Gasteiger partial charge in [0.05, 0.1) is 13.2 Å². The Kier molecular flexibility index (Phi) is 5.46. The molecule has 1 N–H and O–H groups in total. The minimum absolute atomic E-state index is 0.175. The lowest BCUT2D eigenvalue weighted by atomic mass is 10.1. The van der Waals surface area contributed by atoms with Crippen LogP contribution in [0, 0.1) is 12.7 Å². The fourth-order valence-electron chi connectivity index (χ4n) is 3.51. The quantitative estimate of drug-likeness (QED) is 0.892. The molecule has 0 amide bonds. The van der Waals surface area contributed by atoms with Gasteiger partial charge >= 0.3 is 0 Å². The Morgan fingerprint density at radius 1 is 1.28 bits per heavy atom. The predicted octanol–water partition coefficient (Wildman–Crippen LogP) is 2.07. The number of nitrogens with zero attached hydrogens (tertiary/aromatic N) is 4. The van der Waals surface area contributed by atoms with Crippen LogP contribution >= 0.6 is 0 Å². The summed E-state index contributed by atoms with van der Waals surface area (Å²) in [5.74, 6) is 0.673. The average molecular weight is 348 g/mol. The number of halogens is 1. The Morgan fingerprint density at radius 2 is 2.00 bits per heavy atom. The number of aryl methyl sites for hydroxylation is 1. The average Bonchev–Trinajstić information content (AvgIpc) is 3.02. The van der Waals surface area contributed by atoms with Gasteiger partial charge in [0, 0.05) is 37.3 Å². The molecule has 136 valence electrons. The SMILES string of the molecule is Cc1ccc(-c2noc(CN3C[C@@H](C)N(CCO)[C@@H](C)C3)n2)cc1F. The first-order valence-electron chi connectivity index (χ1n) is 8.66. The van der Waals surface area contributed by atoms with Crippen LogP contribution in [-0.2, 0) is 6.54 Å². The fraction of sp³-hybridized carbons (Fsp3) is 0.556. The number of rotatable bonds is 5. The van der Waals surface area contributed by atoms with Crippen LogP contribution in [0.2, 0.25) is 0 Å². The summed E-state index contributed by atoms with van der Waals surface area (Å²) in [6.45, 7) is 9.24. The van der Waals surface area contributed by atoms with E-state index in [2.05, 4.69) is 33.8 Å². The number of piperazine rings is 1. The van der Waals surface area contributed by atoms with Crippen molar-refractivity contribution in [1.29, 1.82) is 0 Å². The van der Waals surface area contributed by atoms with Crippen LogP contribution in [0.5, 0.6) is 0 Å². The summed E-state index contributed by atoms with van der Waals surface area (Å²) in [5, 5.41) is 13.2. The molecule has 2 heterocycles. The van der Waals surface area contributed by atoms with Crippen molar-refractivity contribution in [2.45, 2.75) is 39.4 Å². The highest BCUT2D eigenvalue weighted by Crippen LogP contribution is 2.21. The van der Waals surface area contributed by atoms with Crippen LogP contribution in [0.3, 0.4) is 0 Å². The van der Waals surface area contributed by atoms with E-state index >= 15 is 0 Å². The van der Waals surface area contributed by atoms with Crippen LogP contribution in [0.25, 0.3) is 11.4 Å². The number of aromatic nitrogens is 2. The minimum Gasteiger partial charge on any atom is -0.395 e. The maximum Gasteiger partial charge on any atom is 0.241 e. The van der Waals surface area contributed by atoms with Crippen LogP contribution in [0.1, 0.15) is 25.3 Å². The Morgan fingerprint density at radius 3 is 2.64 bits per heavy atom. The van der Waals surface area contributed by atoms with Crippen molar-refractivity contribution in [3.8, 4) is 11.4 Å². The maximum absolute atomic E-state index is 13.7. The zero-order chi connectivity index (χ0) is 18.0. The Balaban J connectivity index is 1.66. The number of aliphatic hydroxyl groups excluding tert-OH is 1. The van der Waals surface area contributed by atoms with E-state index in [1.165, 1.54) is 6.07 Å². The highest BCUT2D eigenvalue weighted by molar-refractivity contribution is 5.54. The summed E-state index contributed by atoms with van der Waals surface area (Å²) in [7, 11) is 0. The lowest BCUT2D eigenvalue weighted by molar-refractivity contribution is 0.0198. The number of benzene rings is 1. The molecule has 6 nitrogen and oxygen atoms in total. The van der Waals surface area contributed by atoms with Crippen molar-refractivity contribution < 1.29 is 14.0 Å². The van der Waals surface area contributed by atoms with E-state index < -0.39 is 0 Å². The van der Waals surface area contributed by atoms with Crippen molar-refractivity contribution >= 4 is 0 Å². The molecular weight excluding hydrogens is 323 g/mol. The normalized spacial score (nSPS) is 22.4. The topological polar surface area (TPSA) is 65.6 Å². The van der Waals surface area contributed by atoms with E-state index in [0.717, 1.165) is 13.1 Å². The van der Waals surface area contributed by atoms with Crippen molar-refractivity contribution in [2.24, 2.45) is 0 Å². The first-order valence-corrected chi connectivity index (χ1v) is 8.66. The van der Waals surface area contributed by atoms with E-state index in [1.54, 1.807) is 19.1 Å². The van der Waals surface area contributed by atoms with Gasteiger partial charge in [-0.15, -0.1) is 0 Å². The Labute approximate surface area is 147 Å². The molecule has 0 saturated carbocycles. The molecule has 7 heteroatoms. The summed E-state index contributed by atoms with van der Waals surface area (Å²) in [4.78, 5) is 9.00. The molecule has 0 unspecified atom stereocenters. The first kappa shape index (κ1) is 18.0. The largest absolute Gasteiger partial charge is 0.395 e. The molecule has 0 spiro atoms. The predicted molar refractivity (Wildman–Crippen MR) is 92.4 cm³/mol. The standard InChI is InChI=1S/C18H25FN4O2/c1-12-4-5-15(8-16(12)19)18-20-17(25-21-18)11-22-9-13(2)23(6-7-24)14(3)10-22/h4-5,8,13-14,24H,6-7,9-11H2,1-3H3/t13-,14+. The summed E-state index contributed by atoms with van der Waals surface area (Å²) >= 11 is 0. The molecule has 25 heavy (non-hydrogen) atoms. The molecule has 1 aromatic carbocycles. The van der Waals surface area contributed by atoms with E-state index in [9.17, 15) is 9.50 Å². The molecule has 1 aromatic heterocycles. The van der Waals surface area contributed by atoms with Gasteiger partial charge in [0.15, 0.2) is 0 Å². The van der Waals surface area contributed by atoms with Gasteiger partial charge in [0.1, 0.15) is 5.82 Å². The molecule has 1 aliphatic heterocycles. The van der Waals surface area contributed by atoms with Gasteiger partial charge in [0.2, 0.25) is 11.7 Å². The molecule has 2 aromatic rings. The molecule has 0 bridgehead atoms. The molecule has 3 rings (SSSR count). The van der Waals surface area contributed by atoms with Gasteiger partial charge in [-0.3, -0.25) is 9.80 Å². The van der Waals surface area contributed by atoms with E-state index in [-0.39, 0.29) is 12.4 Å². The number of aliphatic hydroxyl groups is 1. The monoisotopic (exact) mass is 348 g/mol. The van der Waals surface area contributed by atoms with E-state index in [0.29, 0.717) is 48.0 Å². The Hall–Kier alpha value is -1.83. The summed E-state index contributed by atoms with van der Waals surface area (Å²) < 4.78 is 19.1. The second kappa shape index (κ2) is 7.59. The van der Waals surface area contributed by atoms with Crippen molar-refractivity contribution in [3.63, 3.8) is 0 Å². The van der Waals surface area contributed by atoms with Gasteiger partial charge in [0.25, 0.3) is 0 Å². The summed E-state index contributed by atoms with van der Waals surface area (Å²) in [6.07, 6.45) is 0. The van der Waals surface area contributed by atoms with Crippen molar-refractivity contribution in [3.05, 3.63) is 35.5 Å². The third kappa shape index (κ3) is 4.05. The number of hydrogen-bond donors (Lipinski definition) is 1. The first-order chi connectivity index (χ1) is 12.0. The van der Waals surface area contributed by atoms with Crippen LogP contribution < -0.4 is 0 Å². The third-order valence-electron chi connectivity index (χ3n) is 4.79. The molecule has 1 aliphatic rings. The summed E-state index contributed by atoms with van der Waals surface area (Å²) in [6, 6.07) is 5.64. The molecule has 1 saturated heterocycles. The second-order valence-corrected chi connectivity index (χ2v) is 6.83.